The van der Waals surface area contributed by atoms with Gasteiger partial charge in [-0.15, -0.1) is 0 Å². The van der Waals surface area contributed by atoms with Crippen molar-refractivity contribution >= 4 is 11.9 Å². The Hall–Kier alpha value is -2.28. The average molecular weight is 416 g/mol. The number of guanidine groups is 1. The molecule has 3 rings (SSSR count). The lowest BCUT2D eigenvalue weighted by molar-refractivity contribution is -0.135. The molecule has 30 heavy (non-hydrogen) atoms. The predicted molar refractivity (Wildman–Crippen MR) is 121 cm³/mol. The second kappa shape index (κ2) is 10.7. The minimum Gasteiger partial charge on any atom is -0.497 e. The summed E-state index contributed by atoms with van der Waals surface area (Å²) in [6.07, 6.45) is 2.28. The lowest BCUT2D eigenvalue weighted by Gasteiger charge is -2.39. The molecule has 0 saturated carbocycles. The van der Waals surface area contributed by atoms with Gasteiger partial charge in [-0.25, -0.2) is 4.99 Å². The van der Waals surface area contributed by atoms with Gasteiger partial charge in [-0.05, 0) is 56.9 Å². The highest BCUT2D eigenvalue weighted by Crippen LogP contribution is 2.18. The molecule has 2 aliphatic heterocycles. The van der Waals surface area contributed by atoms with Gasteiger partial charge < -0.3 is 19.9 Å². The Morgan fingerprint density at radius 3 is 2.43 bits per heavy atom. The number of nitrogens with zero attached hydrogens (tertiary/aromatic N) is 4. The summed E-state index contributed by atoms with van der Waals surface area (Å²) in [5.74, 6) is 2.10. The molecule has 2 saturated heterocycles. The lowest BCUT2D eigenvalue weighted by Crippen LogP contribution is -2.57. The van der Waals surface area contributed by atoms with Gasteiger partial charge in [0.05, 0.1) is 19.7 Å². The summed E-state index contributed by atoms with van der Waals surface area (Å²) in [5.41, 5.74) is 2.32. The minimum absolute atomic E-state index is 0.0375. The highest BCUT2D eigenvalue weighted by Gasteiger charge is 2.30. The summed E-state index contributed by atoms with van der Waals surface area (Å²) in [5, 5.41) is 3.43. The molecule has 0 aliphatic carbocycles. The van der Waals surface area contributed by atoms with Crippen molar-refractivity contribution in [1.29, 1.82) is 0 Å². The summed E-state index contributed by atoms with van der Waals surface area (Å²) in [6.45, 7) is 13.0. The molecule has 166 valence electrons. The fraction of sp³-hybridized carbons (Fsp3) is 0.652. The Morgan fingerprint density at radius 2 is 1.80 bits per heavy atom. The van der Waals surface area contributed by atoms with E-state index in [1.165, 1.54) is 5.56 Å². The van der Waals surface area contributed by atoms with Gasteiger partial charge >= 0.3 is 0 Å². The van der Waals surface area contributed by atoms with Crippen LogP contribution in [0.25, 0.3) is 0 Å². The van der Waals surface area contributed by atoms with Crippen LogP contribution in [0.2, 0.25) is 0 Å². The Morgan fingerprint density at radius 1 is 1.10 bits per heavy atom. The van der Waals surface area contributed by atoms with E-state index in [-0.39, 0.29) is 11.9 Å². The number of likely N-dealkylation sites (tertiary alicyclic amines) is 1. The number of amides is 1. The molecule has 1 aromatic carbocycles. The van der Waals surface area contributed by atoms with Gasteiger partial charge in [0, 0.05) is 45.8 Å². The largest absolute Gasteiger partial charge is 0.497 e. The molecule has 1 N–H and O–H groups in total. The van der Waals surface area contributed by atoms with Crippen molar-refractivity contribution in [3.63, 3.8) is 0 Å². The monoisotopic (exact) mass is 415 g/mol. The van der Waals surface area contributed by atoms with E-state index in [9.17, 15) is 4.79 Å². The van der Waals surface area contributed by atoms with Gasteiger partial charge in [0.1, 0.15) is 5.75 Å². The number of aliphatic imine (C=N–C) groups is 1. The first-order valence-corrected chi connectivity index (χ1v) is 11.2. The molecular formula is C23H37N5O2. The van der Waals surface area contributed by atoms with Crippen molar-refractivity contribution < 1.29 is 9.53 Å². The highest BCUT2D eigenvalue weighted by atomic mass is 16.5. The molecule has 1 amide bonds. The molecule has 7 heteroatoms. The molecule has 1 aromatic rings. The van der Waals surface area contributed by atoms with Gasteiger partial charge in [-0.2, -0.15) is 0 Å². The zero-order valence-corrected chi connectivity index (χ0v) is 19.0. The molecule has 7 nitrogen and oxygen atoms in total. The molecular weight excluding hydrogens is 378 g/mol. The van der Waals surface area contributed by atoms with Crippen LogP contribution < -0.4 is 10.1 Å². The topological polar surface area (TPSA) is 60.4 Å². The number of carbonyl (C=O) groups is 1. The maximum atomic E-state index is 12.7. The van der Waals surface area contributed by atoms with Crippen molar-refractivity contribution in [1.82, 2.24) is 20.0 Å². The first-order chi connectivity index (χ1) is 14.5. The number of methoxy groups -OCH3 is 1. The fourth-order valence-corrected chi connectivity index (χ4v) is 4.30. The van der Waals surface area contributed by atoms with Gasteiger partial charge in [-0.1, -0.05) is 6.07 Å². The van der Waals surface area contributed by atoms with Gasteiger partial charge in [-0.3, -0.25) is 9.69 Å². The molecule has 0 bridgehead atoms. The van der Waals surface area contributed by atoms with Crippen molar-refractivity contribution in [2.75, 3.05) is 52.9 Å². The quantitative estimate of drug-likeness (QED) is 0.570. The SMILES string of the molecule is CCNC(=NCc1cc(C)cc(OC)c1)N1CCN(C(C)C(=O)N2CCCC2)CC1. The van der Waals surface area contributed by atoms with Crippen LogP contribution in [0.15, 0.2) is 23.2 Å². The standard InChI is InChI=1S/C23H37N5O2/c1-5-24-23(25-17-20-14-18(2)15-21(16-20)30-4)28-12-10-26(11-13-28)19(3)22(29)27-8-6-7-9-27/h14-16,19H,5-13,17H2,1-4H3,(H,24,25). The smallest absolute Gasteiger partial charge is 0.239 e. The van der Waals surface area contributed by atoms with Crippen molar-refractivity contribution in [3.8, 4) is 5.75 Å². The van der Waals surface area contributed by atoms with Gasteiger partial charge in [0.2, 0.25) is 5.91 Å². The van der Waals surface area contributed by atoms with E-state index < -0.39 is 0 Å². The number of hydrogen-bond donors (Lipinski definition) is 1. The number of hydrogen-bond acceptors (Lipinski definition) is 4. The number of aryl methyl sites for hydroxylation is 1. The van der Waals surface area contributed by atoms with Crippen LogP contribution in [0.4, 0.5) is 0 Å². The second-order valence-corrected chi connectivity index (χ2v) is 8.26. The Kier molecular flexibility index (Phi) is 7.96. The number of ether oxygens (including phenoxy) is 1. The van der Waals surface area contributed by atoms with E-state index in [2.05, 4.69) is 42.0 Å². The fourth-order valence-electron chi connectivity index (χ4n) is 4.30. The molecule has 1 unspecified atom stereocenters. The normalized spacial score (nSPS) is 19.1. The molecule has 0 aromatic heterocycles. The van der Waals surface area contributed by atoms with Crippen molar-refractivity contribution in [2.24, 2.45) is 4.99 Å². The van der Waals surface area contributed by atoms with E-state index in [4.69, 9.17) is 9.73 Å². The van der Waals surface area contributed by atoms with Crippen molar-refractivity contribution in [3.05, 3.63) is 29.3 Å². The molecule has 0 spiro atoms. The van der Waals surface area contributed by atoms with E-state index in [1.54, 1.807) is 7.11 Å². The molecule has 0 radical (unpaired) electrons. The summed E-state index contributed by atoms with van der Waals surface area (Å²) in [4.78, 5) is 24.2. The maximum absolute atomic E-state index is 12.7. The Bertz CT molecular complexity index is 737. The van der Waals surface area contributed by atoms with Crippen LogP contribution in [0.5, 0.6) is 5.75 Å². The zero-order valence-electron chi connectivity index (χ0n) is 19.0. The third-order valence-corrected chi connectivity index (χ3v) is 6.03. The number of rotatable bonds is 6. The molecule has 2 heterocycles. The molecule has 2 fully saturated rings. The summed E-state index contributed by atoms with van der Waals surface area (Å²) < 4.78 is 5.39. The van der Waals surface area contributed by atoms with Crippen LogP contribution in [0.1, 0.15) is 37.8 Å². The number of nitrogens with one attached hydrogen (secondary N) is 1. The number of piperazine rings is 1. The van der Waals surface area contributed by atoms with E-state index in [0.717, 1.165) is 75.9 Å². The van der Waals surface area contributed by atoms with E-state index >= 15 is 0 Å². The maximum Gasteiger partial charge on any atom is 0.239 e. The predicted octanol–water partition coefficient (Wildman–Crippen LogP) is 2.10. The molecule has 2 aliphatic rings. The first-order valence-electron chi connectivity index (χ1n) is 11.2. The second-order valence-electron chi connectivity index (χ2n) is 8.26. The molecule has 1 atom stereocenters. The van der Waals surface area contributed by atoms with Crippen LogP contribution >= 0.6 is 0 Å². The van der Waals surface area contributed by atoms with Crippen molar-refractivity contribution in [2.45, 2.75) is 46.2 Å². The highest BCUT2D eigenvalue weighted by molar-refractivity contribution is 5.82. The summed E-state index contributed by atoms with van der Waals surface area (Å²) in [6, 6.07) is 6.19. The van der Waals surface area contributed by atoms with Gasteiger partial charge in [0.15, 0.2) is 5.96 Å². The minimum atomic E-state index is -0.0375. The van der Waals surface area contributed by atoms with E-state index in [1.807, 2.05) is 17.0 Å². The zero-order chi connectivity index (χ0) is 21.5. The number of carbonyl (C=O) groups excluding carboxylic acids is 1. The third kappa shape index (κ3) is 5.65. The number of benzene rings is 1. The third-order valence-electron chi connectivity index (χ3n) is 6.03. The Balaban J connectivity index is 1.59. The summed E-state index contributed by atoms with van der Waals surface area (Å²) >= 11 is 0. The van der Waals surface area contributed by atoms with Gasteiger partial charge in [0.25, 0.3) is 0 Å². The Labute approximate surface area is 181 Å². The van der Waals surface area contributed by atoms with Crippen LogP contribution in [0, 0.1) is 6.92 Å². The van der Waals surface area contributed by atoms with Crippen LogP contribution in [-0.2, 0) is 11.3 Å². The lowest BCUT2D eigenvalue weighted by atomic mass is 10.1. The average Bonchev–Trinajstić information content (AvgIpc) is 3.30. The van der Waals surface area contributed by atoms with E-state index in [0.29, 0.717) is 6.54 Å². The van der Waals surface area contributed by atoms with Crippen LogP contribution in [0.3, 0.4) is 0 Å². The first kappa shape index (κ1) is 22.4. The summed E-state index contributed by atoms with van der Waals surface area (Å²) in [7, 11) is 1.70. The van der Waals surface area contributed by atoms with Crippen LogP contribution in [-0.4, -0.2) is 85.5 Å².